The third-order valence-electron chi connectivity index (χ3n) is 4.55. The molecule has 1 heterocycles. The monoisotopic (exact) mass is 248 g/mol. The van der Waals surface area contributed by atoms with Gasteiger partial charge in [-0.15, -0.1) is 0 Å². The van der Waals surface area contributed by atoms with E-state index in [9.17, 15) is 0 Å². The second kappa shape index (κ2) is 4.18. The molecule has 4 nitrogen and oxygen atoms in total. The van der Waals surface area contributed by atoms with Gasteiger partial charge in [0.25, 0.3) is 0 Å². The van der Waals surface area contributed by atoms with E-state index in [-0.39, 0.29) is 0 Å². The number of nitrogens with one attached hydrogen (secondary N) is 1. The third kappa shape index (κ3) is 1.98. The molecule has 2 fully saturated rings. The van der Waals surface area contributed by atoms with Crippen LogP contribution in [-0.4, -0.2) is 16.3 Å². The van der Waals surface area contributed by atoms with Crippen LogP contribution in [0.2, 0.25) is 0 Å². The van der Waals surface area contributed by atoms with Gasteiger partial charge in [-0.25, -0.2) is 4.68 Å². The van der Waals surface area contributed by atoms with Crippen molar-refractivity contribution in [3.05, 3.63) is 5.69 Å². The van der Waals surface area contributed by atoms with Crippen molar-refractivity contribution in [1.29, 1.82) is 0 Å². The topological polar surface area (TPSA) is 55.9 Å². The van der Waals surface area contributed by atoms with Crippen LogP contribution >= 0.6 is 0 Å². The Kier molecular flexibility index (Phi) is 2.76. The van der Waals surface area contributed by atoms with Crippen molar-refractivity contribution < 1.29 is 0 Å². The van der Waals surface area contributed by atoms with Crippen molar-refractivity contribution in [2.24, 2.45) is 11.3 Å². The van der Waals surface area contributed by atoms with Crippen LogP contribution in [0, 0.1) is 18.3 Å². The average molecular weight is 248 g/mol. The first-order valence-electron chi connectivity index (χ1n) is 7.23. The van der Waals surface area contributed by atoms with Gasteiger partial charge in [-0.1, -0.05) is 6.92 Å². The van der Waals surface area contributed by atoms with E-state index in [1.54, 1.807) is 0 Å². The molecule has 0 bridgehead atoms. The van der Waals surface area contributed by atoms with Crippen LogP contribution in [0.5, 0.6) is 0 Å². The van der Waals surface area contributed by atoms with Gasteiger partial charge in [0.05, 0.1) is 11.4 Å². The summed E-state index contributed by atoms with van der Waals surface area (Å²) in [6, 6.07) is 0. The fourth-order valence-corrected chi connectivity index (χ4v) is 3.00. The van der Waals surface area contributed by atoms with Crippen LogP contribution in [0.15, 0.2) is 0 Å². The Morgan fingerprint density at radius 1 is 1.44 bits per heavy atom. The largest absolute Gasteiger partial charge is 0.394 e. The summed E-state index contributed by atoms with van der Waals surface area (Å²) in [5, 5.41) is 8.10. The Bertz CT molecular complexity index is 441. The van der Waals surface area contributed by atoms with Gasteiger partial charge in [0.1, 0.15) is 5.82 Å². The summed E-state index contributed by atoms with van der Waals surface area (Å²) in [7, 11) is 0. The van der Waals surface area contributed by atoms with Crippen molar-refractivity contribution in [1.82, 2.24) is 9.78 Å². The lowest BCUT2D eigenvalue weighted by Crippen LogP contribution is -2.20. The van der Waals surface area contributed by atoms with Gasteiger partial charge in [-0.2, -0.15) is 5.10 Å². The highest BCUT2D eigenvalue weighted by atomic mass is 15.3. The zero-order chi connectivity index (χ0) is 12.8. The van der Waals surface area contributed by atoms with Crippen LogP contribution < -0.4 is 11.1 Å². The molecular formula is C14H24N4. The van der Waals surface area contributed by atoms with Crippen molar-refractivity contribution in [2.75, 3.05) is 17.6 Å². The minimum Gasteiger partial charge on any atom is -0.394 e. The first kappa shape index (κ1) is 11.9. The molecule has 0 unspecified atom stereocenters. The fraction of sp³-hybridized carbons (Fsp3) is 0.786. The predicted octanol–water partition coefficient (Wildman–Crippen LogP) is 2.79. The van der Waals surface area contributed by atoms with Crippen LogP contribution in [0.25, 0.3) is 0 Å². The lowest BCUT2D eigenvalue weighted by atomic mass is 10.0. The minimum atomic E-state index is 0.599. The number of nitrogens with zero attached hydrogens (tertiary/aromatic N) is 2. The van der Waals surface area contributed by atoms with E-state index in [2.05, 4.69) is 17.3 Å². The quantitative estimate of drug-likeness (QED) is 0.814. The maximum absolute atomic E-state index is 6.13. The predicted molar refractivity (Wildman–Crippen MR) is 74.5 cm³/mol. The SMILES string of the molecule is CCCn1nc(C)c(N)c1NCC1(C2CC2)CC1. The van der Waals surface area contributed by atoms with Crippen molar-refractivity contribution in [3.63, 3.8) is 0 Å². The number of rotatable bonds is 6. The highest BCUT2D eigenvalue weighted by molar-refractivity contribution is 5.64. The summed E-state index contributed by atoms with van der Waals surface area (Å²) in [5.41, 5.74) is 8.50. The van der Waals surface area contributed by atoms with E-state index >= 15 is 0 Å². The molecule has 2 aliphatic carbocycles. The molecule has 0 aromatic carbocycles. The molecule has 1 aromatic rings. The Morgan fingerprint density at radius 2 is 2.17 bits per heavy atom. The molecule has 0 spiro atoms. The third-order valence-corrected chi connectivity index (χ3v) is 4.55. The van der Waals surface area contributed by atoms with Gasteiger partial charge >= 0.3 is 0 Å². The Hall–Kier alpha value is -1.19. The van der Waals surface area contributed by atoms with E-state index in [4.69, 9.17) is 5.73 Å². The zero-order valence-corrected chi connectivity index (χ0v) is 11.5. The molecule has 0 amide bonds. The molecular weight excluding hydrogens is 224 g/mol. The summed E-state index contributed by atoms with van der Waals surface area (Å²) in [4.78, 5) is 0. The smallest absolute Gasteiger partial charge is 0.148 e. The number of aryl methyl sites for hydroxylation is 2. The van der Waals surface area contributed by atoms with Crippen LogP contribution in [0.4, 0.5) is 11.5 Å². The first-order valence-corrected chi connectivity index (χ1v) is 7.23. The second-order valence-corrected chi connectivity index (χ2v) is 6.06. The molecule has 0 saturated heterocycles. The first-order chi connectivity index (χ1) is 8.66. The van der Waals surface area contributed by atoms with Crippen molar-refractivity contribution >= 4 is 11.5 Å². The molecule has 2 aliphatic rings. The normalized spacial score (nSPS) is 21.0. The Morgan fingerprint density at radius 3 is 2.72 bits per heavy atom. The molecule has 0 aliphatic heterocycles. The molecule has 100 valence electrons. The van der Waals surface area contributed by atoms with Gasteiger partial charge in [0.2, 0.25) is 0 Å². The van der Waals surface area contributed by atoms with Crippen LogP contribution in [-0.2, 0) is 6.54 Å². The van der Waals surface area contributed by atoms with E-state index in [1.807, 2.05) is 11.6 Å². The van der Waals surface area contributed by atoms with Gasteiger partial charge in [0, 0.05) is 13.1 Å². The molecule has 4 heteroatoms. The maximum atomic E-state index is 6.13. The number of hydrogen-bond acceptors (Lipinski definition) is 3. The highest BCUT2D eigenvalue weighted by Crippen LogP contribution is 2.61. The van der Waals surface area contributed by atoms with E-state index in [0.29, 0.717) is 5.41 Å². The summed E-state index contributed by atoms with van der Waals surface area (Å²) in [5.74, 6) is 2.02. The Labute approximate surface area is 109 Å². The van der Waals surface area contributed by atoms with Gasteiger partial charge in [0.15, 0.2) is 0 Å². The lowest BCUT2D eigenvalue weighted by Gasteiger charge is -2.17. The lowest BCUT2D eigenvalue weighted by molar-refractivity contribution is 0.464. The summed E-state index contributed by atoms with van der Waals surface area (Å²) in [6.45, 7) is 6.18. The second-order valence-electron chi connectivity index (χ2n) is 6.06. The van der Waals surface area contributed by atoms with Crippen molar-refractivity contribution in [2.45, 2.75) is 52.5 Å². The molecule has 3 rings (SSSR count). The summed E-state index contributed by atoms with van der Waals surface area (Å²) >= 11 is 0. The van der Waals surface area contributed by atoms with Gasteiger partial charge < -0.3 is 11.1 Å². The molecule has 1 aromatic heterocycles. The fourth-order valence-electron chi connectivity index (χ4n) is 3.00. The number of anilines is 2. The number of hydrogen-bond donors (Lipinski definition) is 2. The highest BCUT2D eigenvalue weighted by Gasteiger charge is 2.53. The molecule has 0 atom stereocenters. The molecule has 3 N–H and O–H groups in total. The van der Waals surface area contributed by atoms with Crippen LogP contribution in [0.1, 0.15) is 44.7 Å². The van der Waals surface area contributed by atoms with E-state index in [1.165, 1.54) is 25.7 Å². The van der Waals surface area contributed by atoms with E-state index < -0.39 is 0 Å². The standard InChI is InChI=1S/C14H24N4/c1-3-8-18-13(12(15)10(2)17-18)16-9-14(6-7-14)11-4-5-11/h11,16H,3-9,15H2,1-2H3. The maximum Gasteiger partial charge on any atom is 0.148 e. The number of aromatic nitrogens is 2. The average Bonchev–Trinajstić information content (AvgIpc) is 3.22. The van der Waals surface area contributed by atoms with Gasteiger partial charge in [-0.05, 0) is 50.4 Å². The molecule has 18 heavy (non-hydrogen) atoms. The summed E-state index contributed by atoms with van der Waals surface area (Å²) < 4.78 is 2.04. The van der Waals surface area contributed by atoms with E-state index in [0.717, 1.165) is 42.6 Å². The van der Waals surface area contributed by atoms with Crippen LogP contribution in [0.3, 0.4) is 0 Å². The number of nitrogens with two attached hydrogens (primary N) is 1. The minimum absolute atomic E-state index is 0.599. The zero-order valence-electron chi connectivity index (χ0n) is 11.5. The van der Waals surface area contributed by atoms with Crippen molar-refractivity contribution in [3.8, 4) is 0 Å². The molecule has 0 radical (unpaired) electrons. The molecule has 2 saturated carbocycles. The summed E-state index contributed by atoms with van der Waals surface area (Å²) in [6.07, 6.45) is 6.74. The Balaban J connectivity index is 1.71. The van der Waals surface area contributed by atoms with Gasteiger partial charge in [-0.3, -0.25) is 0 Å². The number of nitrogen functional groups attached to an aromatic ring is 1.